The lowest BCUT2D eigenvalue weighted by molar-refractivity contribution is -0.546. The molecule has 0 aliphatic heterocycles. The van der Waals surface area contributed by atoms with Gasteiger partial charge in [0.15, 0.2) is 0 Å². The van der Waals surface area contributed by atoms with Crippen molar-refractivity contribution >= 4 is 0 Å². The lowest BCUT2D eigenvalue weighted by Crippen LogP contribution is -2.97. The van der Waals surface area contributed by atoms with E-state index in [1.165, 1.54) is 6.42 Å². The highest BCUT2D eigenvalue weighted by Gasteiger charge is 3.02. The number of rotatable bonds is 2. The molecule has 6 bridgehead atoms. The maximum Gasteiger partial charge on any atom is -0.0167 e. The van der Waals surface area contributed by atoms with Gasteiger partial charge in [-0.1, -0.05) is 61.8 Å². The zero-order valence-electron chi connectivity index (χ0n) is 18.4. The normalized spacial score (nSPS) is 79.6. The van der Waals surface area contributed by atoms with E-state index in [0.29, 0.717) is 27.1 Å². The summed E-state index contributed by atoms with van der Waals surface area (Å²) in [6.45, 7) is 21.8. The Morgan fingerprint density at radius 3 is 1.92 bits per heavy atom. The van der Waals surface area contributed by atoms with E-state index in [2.05, 4.69) is 55.4 Å². The lowest BCUT2D eigenvalue weighted by Gasteiger charge is -3.01. The van der Waals surface area contributed by atoms with E-state index in [1.807, 2.05) is 0 Å². The quantitative estimate of drug-likeness (QED) is 0.532. The maximum atomic E-state index is 2.81. The summed E-state index contributed by atoms with van der Waals surface area (Å²) in [5.41, 5.74) is 3.21. The average Bonchev–Trinajstić information content (AvgIpc) is 3.03. The van der Waals surface area contributed by atoms with Crippen LogP contribution < -0.4 is 0 Å². The Morgan fingerprint density at radius 1 is 0.769 bits per heavy atom. The molecule has 8 rings (SSSR count). The molecule has 0 amide bonds. The van der Waals surface area contributed by atoms with Crippen molar-refractivity contribution in [1.82, 2.24) is 0 Å². The molecule has 8 fully saturated rings. The van der Waals surface area contributed by atoms with Crippen LogP contribution >= 0.6 is 0 Å². The molecule has 0 heteroatoms. The van der Waals surface area contributed by atoms with Gasteiger partial charge >= 0.3 is 0 Å². The van der Waals surface area contributed by atoms with Crippen molar-refractivity contribution in [1.29, 1.82) is 0 Å². The topological polar surface area (TPSA) is 0 Å². The van der Waals surface area contributed by atoms with Gasteiger partial charge in [-0.15, -0.1) is 0 Å². The van der Waals surface area contributed by atoms with Gasteiger partial charge in [-0.2, -0.15) is 0 Å². The summed E-state index contributed by atoms with van der Waals surface area (Å²) in [5, 5.41) is 0. The minimum atomic E-state index is 0.639. The Kier molecular flexibility index (Phi) is 2.21. The molecule has 15 unspecified atom stereocenters. The second-order valence-corrected chi connectivity index (χ2v) is 13.5. The summed E-state index contributed by atoms with van der Waals surface area (Å²) >= 11 is 0. The van der Waals surface area contributed by atoms with Crippen molar-refractivity contribution < 1.29 is 0 Å². The third-order valence-corrected chi connectivity index (χ3v) is 15.2. The summed E-state index contributed by atoms with van der Waals surface area (Å²) in [5.74, 6) is 10.5. The fourth-order valence-electron chi connectivity index (χ4n) is 14.1. The van der Waals surface area contributed by atoms with E-state index in [-0.39, 0.29) is 0 Å². The third kappa shape index (κ3) is 0.882. The molecule has 0 aromatic rings. The van der Waals surface area contributed by atoms with Crippen molar-refractivity contribution in [2.45, 2.75) is 74.7 Å². The molecule has 8 saturated carbocycles. The predicted molar refractivity (Wildman–Crippen MR) is 106 cm³/mol. The smallest absolute Gasteiger partial charge is 0.0167 e. The van der Waals surface area contributed by atoms with Gasteiger partial charge in [-0.25, -0.2) is 0 Å². The fourth-order valence-corrected chi connectivity index (χ4v) is 14.1. The van der Waals surface area contributed by atoms with Crippen molar-refractivity contribution in [2.24, 2.45) is 86.3 Å². The van der Waals surface area contributed by atoms with Crippen LogP contribution in [0.2, 0.25) is 0 Å². The van der Waals surface area contributed by atoms with Gasteiger partial charge in [0.05, 0.1) is 0 Å². The largest absolute Gasteiger partial charge is 0.0651 e. The summed E-state index contributed by atoms with van der Waals surface area (Å²) in [4.78, 5) is 0. The monoisotopic (exact) mass is 352 g/mol. The Bertz CT molecular complexity index is 751. The van der Waals surface area contributed by atoms with Crippen LogP contribution in [0, 0.1) is 86.3 Å². The maximum absolute atomic E-state index is 2.81. The molecule has 0 saturated heterocycles. The van der Waals surface area contributed by atoms with Crippen LogP contribution in [0.4, 0.5) is 0 Å². The predicted octanol–water partition coefficient (Wildman–Crippen LogP) is 6.51. The van der Waals surface area contributed by atoms with Crippen LogP contribution in [0.15, 0.2) is 0 Å². The van der Waals surface area contributed by atoms with E-state index >= 15 is 0 Å². The number of hydrogen-bond donors (Lipinski definition) is 0. The van der Waals surface area contributed by atoms with Crippen LogP contribution in [0.3, 0.4) is 0 Å². The van der Waals surface area contributed by atoms with Crippen molar-refractivity contribution in [3.05, 3.63) is 0 Å². The highest BCUT2D eigenvalue weighted by Crippen LogP contribution is 3.06. The second-order valence-electron chi connectivity index (χ2n) is 13.5. The third-order valence-electron chi connectivity index (χ3n) is 15.2. The lowest BCUT2D eigenvalue weighted by atomic mass is 9.03. The Hall–Kier alpha value is 0. The van der Waals surface area contributed by atoms with Gasteiger partial charge in [-0.05, 0) is 99.1 Å². The van der Waals surface area contributed by atoms with Crippen LogP contribution in [-0.4, -0.2) is 0 Å². The average molecular weight is 353 g/mol. The van der Waals surface area contributed by atoms with Crippen molar-refractivity contribution in [3.8, 4) is 0 Å². The van der Waals surface area contributed by atoms with Crippen LogP contribution in [-0.2, 0) is 0 Å². The van der Waals surface area contributed by atoms with Crippen LogP contribution in [0.25, 0.3) is 0 Å². The first kappa shape index (κ1) is 15.9. The van der Waals surface area contributed by atoms with E-state index in [1.54, 1.807) is 12.8 Å². The summed E-state index contributed by atoms with van der Waals surface area (Å²) < 4.78 is 0. The Balaban J connectivity index is 1.53. The molecule has 0 heterocycles. The summed E-state index contributed by atoms with van der Waals surface area (Å²) in [7, 11) is 0. The van der Waals surface area contributed by atoms with Gasteiger partial charge in [0.1, 0.15) is 0 Å². The molecule has 0 spiro atoms. The Labute approximate surface area is 161 Å². The standard InChI is InChI=1S/C26H40/c1-9-12(2)18-15-11-17-20-21-19-16-10-14(15)13(3)22(16,4)24(19,6)26(21,8)25(20,7)23(17,18)5/h12-21H,9-11H2,1-8H3. The highest BCUT2D eigenvalue weighted by molar-refractivity contribution is 5.48. The first-order chi connectivity index (χ1) is 12.1. The van der Waals surface area contributed by atoms with Crippen LogP contribution in [0.1, 0.15) is 74.7 Å². The molecule has 8 aliphatic rings. The first-order valence-corrected chi connectivity index (χ1v) is 12.1. The molecule has 15 atom stereocenters. The van der Waals surface area contributed by atoms with E-state index in [0.717, 1.165) is 59.2 Å². The minimum absolute atomic E-state index is 0.639. The highest BCUT2D eigenvalue weighted by atomic mass is 15.1. The number of hydrogen-bond acceptors (Lipinski definition) is 0. The Morgan fingerprint density at radius 2 is 1.31 bits per heavy atom. The summed E-state index contributed by atoms with van der Waals surface area (Å²) in [6, 6.07) is 0. The zero-order valence-corrected chi connectivity index (χ0v) is 18.4. The molecule has 26 heavy (non-hydrogen) atoms. The second kappa shape index (κ2) is 3.63. The molecular formula is C26H40. The van der Waals surface area contributed by atoms with Gasteiger partial charge < -0.3 is 0 Å². The molecule has 0 aromatic heterocycles. The van der Waals surface area contributed by atoms with Crippen molar-refractivity contribution in [3.63, 3.8) is 0 Å². The molecule has 8 aliphatic carbocycles. The van der Waals surface area contributed by atoms with Crippen molar-refractivity contribution in [2.75, 3.05) is 0 Å². The summed E-state index contributed by atoms with van der Waals surface area (Å²) in [6.07, 6.45) is 4.61. The minimum Gasteiger partial charge on any atom is -0.0651 e. The van der Waals surface area contributed by atoms with Gasteiger partial charge in [0.25, 0.3) is 0 Å². The molecule has 0 aromatic carbocycles. The van der Waals surface area contributed by atoms with Crippen LogP contribution in [0.5, 0.6) is 0 Å². The van der Waals surface area contributed by atoms with Gasteiger partial charge in [0, 0.05) is 0 Å². The first-order valence-electron chi connectivity index (χ1n) is 12.1. The van der Waals surface area contributed by atoms with E-state index in [4.69, 9.17) is 0 Å². The van der Waals surface area contributed by atoms with Gasteiger partial charge in [-0.3, -0.25) is 0 Å². The van der Waals surface area contributed by atoms with E-state index in [9.17, 15) is 0 Å². The molecule has 0 radical (unpaired) electrons. The molecule has 144 valence electrons. The zero-order chi connectivity index (χ0) is 18.4. The SMILES string of the molecule is CCC(C)C1C2CC3C4C5C6C7CC2C(C)C7(C)C6(C)C5(C)C4(C)C31C. The van der Waals surface area contributed by atoms with E-state index < -0.39 is 0 Å². The molecule has 0 nitrogen and oxygen atoms in total. The van der Waals surface area contributed by atoms with Gasteiger partial charge in [0.2, 0.25) is 0 Å². The molecule has 0 N–H and O–H groups in total. The molecular weight excluding hydrogens is 312 g/mol. The fraction of sp³-hybridized carbons (Fsp3) is 1.00.